The summed E-state index contributed by atoms with van der Waals surface area (Å²) >= 11 is 0. The van der Waals surface area contributed by atoms with E-state index in [1.54, 1.807) is 0 Å². The van der Waals surface area contributed by atoms with Crippen molar-refractivity contribution in [1.82, 2.24) is 5.32 Å². The van der Waals surface area contributed by atoms with Gasteiger partial charge in [-0.25, -0.2) is 4.79 Å². The number of nitrogens with one attached hydrogen (secondary N) is 1. The number of alkyl carbamates (subject to hydrolysis) is 1. The average Bonchev–Trinajstić information content (AvgIpc) is 2.37. The molecule has 0 unspecified atom stereocenters. The summed E-state index contributed by atoms with van der Waals surface area (Å²) in [5.41, 5.74) is 0.780. The van der Waals surface area contributed by atoms with Crippen molar-refractivity contribution in [3.63, 3.8) is 0 Å². The van der Waals surface area contributed by atoms with Gasteiger partial charge in [0.05, 0.1) is 0 Å². The molecular formula is C17H21NO2. The average molecular weight is 271 g/mol. The lowest BCUT2D eigenvalue weighted by Crippen LogP contribution is -2.33. The summed E-state index contributed by atoms with van der Waals surface area (Å²) in [6, 6.07) is 14.5. The summed E-state index contributed by atoms with van der Waals surface area (Å²) in [7, 11) is 0. The molecule has 106 valence electrons. The molecule has 0 radical (unpaired) electrons. The van der Waals surface area contributed by atoms with E-state index in [9.17, 15) is 4.79 Å². The van der Waals surface area contributed by atoms with Gasteiger partial charge in [-0.2, -0.15) is 0 Å². The van der Waals surface area contributed by atoms with Crippen molar-refractivity contribution in [2.24, 2.45) is 0 Å². The van der Waals surface area contributed by atoms with Crippen LogP contribution in [0, 0.1) is 0 Å². The Morgan fingerprint density at radius 3 is 2.55 bits per heavy atom. The highest BCUT2D eigenvalue weighted by atomic mass is 16.6. The fourth-order valence-electron chi connectivity index (χ4n) is 2.12. The normalized spacial score (nSPS) is 11.3. The number of ether oxygens (including phenoxy) is 1. The van der Waals surface area contributed by atoms with E-state index in [4.69, 9.17) is 4.74 Å². The van der Waals surface area contributed by atoms with Crippen LogP contribution < -0.4 is 5.32 Å². The summed E-state index contributed by atoms with van der Waals surface area (Å²) in [6.45, 7) is 6.15. The molecule has 1 N–H and O–H groups in total. The van der Waals surface area contributed by atoms with Crippen LogP contribution in [0.3, 0.4) is 0 Å². The molecule has 0 spiro atoms. The van der Waals surface area contributed by atoms with Gasteiger partial charge in [0, 0.05) is 6.54 Å². The zero-order valence-electron chi connectivity index (χ0n) is 12.3. The molecule has 0 bridgehead atoms. The first-order chi connectivity index (χ1) is 9.46. The molecule has 0 heterocycles. The molecule has 3 heteroatoms. The van der Waals surface area contributed by atoms with Gasteiger partial charge in [-0.05, 0) is 43.5 Å². The number of rotatable bonds is 3. The van der Waals surface area contributed by atoms with E-state index in [0.717, 1.165) is 6.42 Å². The Morgan fingerprint density at radius 1 is 1.10 bits per heavy atom. The van der Waals surface area contributed by atoms with Gasteiger partial charge in [-0.15, -0.1) is 0 Å². The summed E-state index contributed by atoms with van der Waals surface area (Å²) in [5.74, 6) is 0. The molecule has 0 saturated heterocycles. The summed E-state index contributed by atoms with van der Waals surface area (Å²) in [4.78, 5) is 11.6. The highest BCUT2D eigenvalue weighted by Crippen LogP contribution is 2.18. The molecule has 2 rings (SSSR count). The third-order valence-electron chi connectivity index (χ3n) is 2.94. The second kappa shape index (κ2) is 5.95. The number of carbonyl (C=O) groups is 1. The topological polar surface area (TPSA) is 38.3 Å². The first-order valence-corrected chi connectivity index (χ1v) is 6.89. The SMILES string of the molecule is CC(C)(C)OC(=O)NCCc1cccc2ccccc12. The minimum absolute atomic E-state index is 0.363. The number of benzene rings is 2. The van der Waals surface area contributed by atoms with Crippen molar-refractivity contribution >= 4 is 16.9 Å². The fraction of sp³-hybridized carbons (Fsp3) is 0.353. The molecule has 2 aromatic rings. The summed E-state index contributed by atoms with van der Waals surface area (Å²) < 4.78 is 5.21. The maximum absolute atomic E-state index is 11.6. The molecule has 1 amide bonds. The van der Waals surface area contributed by atoms with Crippen LogP contribution in [0.25, 0.3) is 10.8 Å². The van der Waals surface area contributed by atoms with Gasteiger partial charge in [0.25, 0.3) is 0 Å². The second-order valence-electron chi connectivity index (χ2n) is 5.82. The van der Waals surface area contributed by atoms with Crippen molar-refractivity contribution in [3.8, 4) is 0 Å². The van der Waals surface area contributed by atoms with Crippen LogP contribution in [0.4, 0.5) is 4.79 Å². The Labute approximate surface area is 119 Å². The summed E-state index contributed by atoms with van der Waals surface area (Å²) in [5, 5.41) is 5.25. The van der Waals surface area contributed by atoms with E-state index in [-0.39, 0.29) is 6.09 Å². The first-order valence-electron chi connectivity index (χ1n) is 6.89. The van der Waals surface area contributed by atoms with Crippen molar-refractivity contribution in [2.75, 3.05) is 6.54 Å². The Kier molecular flexibility index (Phi) is 4.28. The van der Waals surface area contributed by atoms with E-state index in [1.165, 1.54) is 16.3 Å². The summed E-state index contributed by atoms with van der Waals surface area (Å²) in [6.07, 6.45) is 0.429. The number of amides is 1. The largest absolute Gasteiger partial charge is 0.444 e. The Hall–Kier alpha value is -2.03. The van der Waals surface area contributed by atoms with Crippen LogP contribution in [0.15, 0.2) is 42.5 Å². The lowest BCUT2D eigenvalue weighted by atomic mass is 10.0. The Bertz CT molecular complexity index is 594. The molecule has 20 heavy (non-hydrogen) atoms. The molecular weight excluding hydrogens is 250 g/mol. The third kappa shape index (κ3) is 3.98. The predicted molar refractivity (Wildman–Crippen MR) is 81.9 cm³/mol. The lowest BCUT2D eigenvalue weighted by molar-refractivity contribution is 0.0528. The van der Waals surface area contributed by atoms with E-state index in [2.05, 4.69) is 29.6 Å². The quantitative estimate of drug-likeness (QED) is 0.919. The highest BCUT2D eigenvalue weighted by molar-refractivity contribution is 5.85. The maximum Gasteiger partial charge on any atom is 0.407 e. The molecule has 0 atom stereocenters. The monoisotopic (exact) mass is 271 g/mol. The maximum atomic E-state index is 11.6. The van der Waals surface area contributed by atoms with Crippen molar-refractivity contribution in [2.45, 2.75) is 32.8 Å². The van der Waals surface area contributed by atoms with Crippen LogP contribution in [-0.2, 0) is 11.2 Å². The molecule has 2 aromatic carbocycles. The first kappa shape index (κ1) is 14.4. The van der Waals surface area contributed by atoms with E-state index >= 15 is 0 Å². The molecule has 3 nitrogen and oxygen atoms in total. The standard InChI is InChI=1S/C17H21NO2/c1-17(2,3)20-16(19)18-12-11-14-9-6-8-13-7-4-5-10-15(13)14/h4-10H,11-12H2,1-3H3,(H,18,19). The molecule has 0 aliphatic carbocycles. The van der Waals surface area contributed by atoms with Crippen LogP contribution in [0.1, 0.15) is 26.3 Å². The zero-order valence-corrected chi connectivity index (χ0v) is 12.3. The number of fused-ring (bicyclic) bond motifs is 1. The van der Waals surface area contributed by atoms with Gasteiger partial charge in [0.2, 0.25) is 0 Å². The predicted octanol–water partition coefficient (Wildman–Crippen LogP) is 3.91. The van der Waals surface area contributed by atoms with Crippen LogP contribution in [0.5, 0.6) is 0 Å². The molecule has 0 fully saturated rings. The lowest BCUT2D eigenvalue weighted by Gasteiger charge is -2.19. The number of hydrogen-bond donors (Lipinski definition) is 1. The molecule has 0 aliphatic rings. The van der Waals surface area contributed by atoms with E-state index < -0.39 is 5.60 Å². The number of carbonyl (C=O) groups excluding carboxylic acids is 1. The van der Waals surface area contributed by atoms with Gasteiger partial charge < -0.3 is 10.1 Å². The van der Waals surface area contributed by atoms with Crippen molar-refractivity contribution < 1.29 is 9.53 Å². The minimum atomic E-state index is -0.455. The second-order valence-corrected chi connectivity index (χ2v) is 5.82. The van der Waals surface area contributed by atoms with Gasteiger partial charge in [0.1, 0.15) is 5.60 Å². The molecule has 0 aliphatic heterocycles. The van der Waals surface area contributed by atoms with Gasteiger partial charge in [0.15, 0.2) is 0 Å². The van der Waals surface area contributed by atoms with Gasteiger partial charge in [-0.3, -0.25) is 0 Å². The molecule has 0 saturated carbocycles. The smallest absolute Gasteiger partial charge is 0.407 e. The highest BCUT2D eigenvalue weighted by Gasteiger charge is 2.15. The van der Waals surface area contributed by atoms with E-state index in [1.807, 2.05) is 39.0 Å². The van der Waals surface area contributed by atoms with Crippen molar-refractivity contribution in [3.05, 3.63) is 48.0 Å². The van der Waals surface area contributed by atoms with Crippen LogP contribution >= 0.6 is 0 Å². The third-order valence-corrected chi connectivity index (χ3v) is 2.94. The minimum Gasteiger partial charge on any atom is -0.444 e. The number of hydrogen-bond acceptors (Lipinski definition) is 2. The van der Waals surface area contributed by atoms with Crippen molar-refractivity contribution in [1.29, 1.82) is 0 Å². The van der Waals surface area contributed by atoms with Gasteiger partial charge >= 0.3 is 6.09 Å². The Balaban J connectivity index is 1.95. The Morgan fingerprint density at radius 2 is 1.80 bits per heavy atom. The van der Waals surface area contributed by atoms with Crippen LogP contribution in [-0.4, -0.2) is 18.2 Å². The molecule has 0 aromatic heterocycles. The van der Waals surface area contributed by atoms with Gasteiger partial charge in [-0.1, -0.05) is 42.5 Å². The van der Waals surface area contributed by atoms with E-state index in [0.29, 0.717) is 6.54 Å². The zero-order chi connectivity index (χ0) is 14.6. The fourth-order valence-corrected chi connectivity index (χ4v) is 2.12. The van der Waals surface area contributed by atoms with Crippen LogP contribution in [0.2, 0.25) is 0 Å².